The third kappa shape index (κ3) is 2.97. The zero-order chi connectivity index (χ0) is 20.8. The molecule has 3 aromatic rings. The first-order valence-corrected chi connectivity index (χ1v) is 11.4. The highest BCUT2D eigenvalue weighted by atomic mass is 32.2. The molecule has 0 bridgehead atoms. The first-order valence-electron chi connectivity index (χ1n) is 10.4. The predicted molar refractivity (Wildman–Crippen MR) is 121 cm³/mol. The summed E-state index contributed by atoms with van der Waals surface area (Å²) in [6.07, 6.45) is 2.91. The van der Waals surface area contributed by atoms with Crippen molar-refractivity contribution < 1.29 is 4.39 Å². The molecule has 3 atom stereocenters. The lowest BCUT2D eigenvalue weighted by Crippen LogP contribution is -2.35. The number of amidine groups is 1. The van der Waals surface area contributed by atoms with Crippen LogP contribution in [-0.2, 0) is 0 Å². The van der Waals surface area contributed by atoms with Crippen molar-refractivity contribution in [2.75, 3.05) is 5.75 Å². The van der Waals surface area contributed by atoms with Gasteiger partial charge in [-0.25, -0.2) is 4.39 Å². The van der Waals surface area contributed by atoms with Crippen molar-refractivity contribution in [3.8, 4) is 5.69 Å². The minimum absolute atomic E-state index is 0.0578. The van der Waals surface area contributed by atoms with Crippen molar-refractivity contribution in [3.63, 3.8) is 0 Å². The van der Waals surface area contributed by atoms with Gasteiger partial charge in [-0.2, -0.15) is 0 Å². The molecule has 4 nitrogen and oxygen atoms in total. The number of rotatable bonds is 4. The maximum Gasteiger partial charge on any atom is 0.160 e. The van der Waals surface area contributed by atoms with Gasteiger partial charge in [0.2, 0.25) is 0 Å². The van der Waals surface area contributed by atoms with Crippen molar-refractivity contribution in [1.29, 1.82) is 0 Å². The Morgan fingerprint density at radius 3 is 2.67 bits per heavy atom. The summed E-state index contributed by atoms with van der Waals surface area (Å²) in [7, 11) is 0. The van der Waals surface area contributed by atoms with Gasteiger partial charge in [0.05, 0.1) is 17.4 Å². The highest BCUT2D eigenvalue weighted by Crippen LogP contribution is 2.49. The Hall–Kier alpha value is -2.60. The van der Waals surface area contributed by atoms with E-state index in [0.717, 1.165) is 34.4 Å². The van der Waals surface area contributed by atoms with Crippen LogP contribution in [0.25, 0.3) is 5.69 Å². The largest absolute Gasteiger partial charge is 0.338 e. The molecule has 0 unspecified atom stereocenters. The fourth-order valence-corrected chi connectivity index (χ4v) is 6.12. The van der Waals surface area contributed by atoms with Crippen LogP contribution in [0.2, 0.25) is 0 Å². The molecule has 2 aromatic heterocycles. The van der Waals surface area contributed by atoms with Crippen LogP contribution in [-0.4, -0.2) is 31.4 Å². The third-order valence-electron chi connectivity index (χ3n) is 6.21. The van der Waals surface area contributed by atoms with E-state index in [-0.39, 0.29) is 17.9 Å². The molecule has 1 fully saturated rings. The third-order valence-corrected chi connectivity index (χ3v) is 7.34. The van der Waals surface area contributed by atoms with Crippen LogP contribution in [0.5, 0.6) is 0 Å². The number of hydrogen-bond acceptors (Lipinski definition) is 4. The molecule has 154 valence electrons. The summed E-state index contributed by atoms with van der Waals surface area (Å²) in [6, 6.07) is 15.7. The minimum atomic E-state index is -0.210. The zero-order valence-corrected chi connectivity index (χ0v) is 18.2. The molecule has 1 saturated heterocycles. The summed E-state index contributed by atoms with van der Waals surface area (Å²) in [5.41, 5.74) is 4.87. The first kappa shape index (κ1) is 19.4. The second-order valence-electron chi connectivity index (χ2n) is 7.95. The van der Waals surface area contributed by atoms with Crippen LogP contribution in [0.1, 0.15) is 48.1 Å². The van der Waals surface area contributed by atoms with Gasteiger partial charge >= 0.3 is 0 Å². The van der Waals surface area contributed by atoms with Gasteiger partial charge in [0, 0.05) is 29.4 Å². The van der Waals surface area contributed by atoms with Gasteiger partial charge in [-0.1, -0.05) is 36.9 Å². The van der Waals surface area contributed by atoms with E-state index in [1.807, 2.05) is 53.7 Å². The molecule has 0 N–H and O–H groups in total. The standard InChI is InChI=1S/C24H25FN4S/c1-4-17-14-30-24-27-22(20-10-7-8-12-26-20)23(29(17)24)18-13-15(2)28(16(18)3)21-11-6-5-9-19(21)25/h5-13,17,22-23H,4,14H2,1-3H3/t17-,22+,23-/m1/s1. The van der Waals surface area contributed by atoms with Crippen LogP contribution in [0.4, 0.5) is 4.39 Å². The number of nitrogens with zero attached hydrogens (tertiary/aromatic N) is 4. The number of aliphatic imine (C=N–C) groups is 1. The Morgan fingerprint density at radius 1 is 1.13 bits per heavy atom. The zero-order valence-electron chi connectivity index (χ0n) is 17.4. The maximum absolute atomic E-state index is 14.6. The highest BCUT2D eigenvalue weighted by Gasteiger charge is 2.46. The Bertz CT molecular complexity index is 1110. The summed E-state index contributed by atoms with van der Waals surface area (Å²) in [5, 5.41) is 1.11. The summed E-state index contributed by atoms with van der Waals surface area (Å²) in [5.74, 6) is 0.853. The molecule has 2 aliphatic rings. The van der Waals surface area contributed by atoms with E-state index in [2.05, 4.69) is 35.9 Å². The number of aryl methyl sites for hydroxylation is 1. The van der Waals surface area contributed by atoms with Gasteiger partial charge in [-0.3, -0.25) is 9.98 Å². The quantitative estimate of drug-likeness (QED) is 0.550. The SMILES string of the molecule is CC[C@@H]1CSC2=N[C@@H](c3ccccn3)[C@@H](c3cc(C)n(-c4ccccc4F)c3C)N21. The molecule has 0 aliphatic carbocycles. The van der Waals surface area contributed by atoms with E-state index in [1.165, 1.54) is 11.6 Å². The molecule has 30 heavy (non-hydrogen) atoms. The van der Waals surface area contributed by atoms with Crippen LogP contribution < -0.4 is 0 Å². The molecule has 0 radical (unpaired) electrons. The average Bonchev–Trinajstić information content (AvgIpc) is 3.41. The molecule has 6 heteroatoms. The van der Waals surface area contributed by atoms with Crippen molar-refractivity contribution in [2.45, 2.75) is 45.3 Å². The Morgan fingerprint density at radius 2 is 1.93 bits per heavy atom. The number of halogens is 1. The van der Waals surface area contributed by atoms with Gasteiger partial charge in [0.1, 0.15) is 11.9 Å². The van der Waals surface area contributed by atoms with Crippen molar-refractivity contribution in [3.05, 3.63) is 83.2 Å². The summed E-state index contributed by atoms with van der Waals surface area (Å²) in [4.78, 5) is 12.2. The molecular formula is C24H25FN4S. The second-order valence-corrected chi connectivity index (χ2v) is 8.94. The number of hydrogen-bond donors (Lipinski definition) is 0. The fourth-order valence-electron chi connectivity index (χ4n) is 4.78. The van der Waals surface area contributed by atoms with Crippen LogP contribution in [0.3, 0.4) is 0 Å². The first-order chi connectivity index (χ1) is 14.6. The van der Waals surface area contributed by atoms with Crippen molar-refractivity contribution in [1.82, 2.24) is 14.5 Å². The van der Waals surface area contributed by atoms with E-state index in [1.54, 1.807) is 6.07 Å². The summed E-state index contributed by atoms with van der Waals surface area (Å²) >= 11 is 1.84. The average molecular weight is 421 g/mol. The minimum Gasteiger partial charge on any atom is -0.338 e. The van der Waals surface area contributed by atoms with Gasteiger partial charge < -0.3 is 9.47 Å². The number of pyridine rings is 1. The summed E-state index contributed by atoms with van der Waals surface area (Å²) in [6.45, 7) is 6.37. The van der Waals surface area contributed by atoms with Crippen LogP contribution in [0, 0.1) is 19.7 Å². The molecule has 2 aliphatic heterocycles. The summed E-state index contributed by atoms with van der Waals surface area (Å²) < 4.78 is 16.7. The Kier molecular flexibility index (Phi) is 4.89. The molecule has 4 heterocycles. The lowest BCUT2D eigenvalue weighted by Gasteiger charge is -2.32. The van der Waals surface area contributed by atoms with Gasteiger partial charge in [-0.05, 0) is 56.2 Å². The number of aromatic nitrogens is 2. The molecule has 0 amide bonds. The number of thioether (sulfide) groups is 1. The topological polar surface area (TPSA) is 33.4 Å². The van der Waals surface area contributed by atoms with Crippen LogP contribution in [0.15, 0.2) is 59.7 Å². The van der Waals surface area contributed by atoms with Gasteiger partial charge in [-0.15, -0.1) is 0 Å². The van der Waals surface area contributed by atoms with E-state index in [4.69, 9.17) is 4.99 Å². The van der Waals surface area contributed by atoms with E-state index < -0.39 is 0 Å². The molecule has 1 aromatic carbocycles. The van der Waals surface area contributed by atoms with E-state index in [9.17, 15) is 4.39 Å². The molecule has 0 saturated carbocycles. The monoisotopic (exact) mass is 420 g/mol. The van der Waals surface area contributed by atoms with Gasteiger partial charge in [0.25, 0.3) is 0 Å². The fraction of sp³-hybridized carbons (Fsp3) is 0.333. The number of para-hydroxylation sites is 1. The maximum atomic E-state index is 14.6. The molecule has 5 rings (SSSR count). The Labute approximate surface area is 180 Å². The Balaban J connectivity index is 1.66. The second kappa shape index (κ2) is 7.58. The smallest absolute Gasteiger partial charge is 0.160 e. The number of fused-ring (bicyclic) bond motifs is 1. The van der Waals surface area contributed by atoms with Crippen LogP contribution >= 0.6 is 11.8 Å². The highest BCUT2D eigenvalue weighted by molar-refractivity contribution is 8.14. The lowest BCUT2D eigenvalue weighted by atomic mass is 9.95. The van der Waals surface area contributed by atoms with E-state index >= 15 is 0 Å². The molecule has 0 spiro atoms. The predicted octanol–water partition coefficient (Wildman–Crippen LogP) is 5.61. The van der Waals surface area contributed by atoms with Gasteiger partial charge in [0.15, 0.2) is 5.17 Å². The normalized spacial score (nSPS) is 23.0. The molecular weight excluding hydrogens is 395 g/mol. The van der Waals surface area contributed by atoms with Crippen molar-refractivity contribution >= 4 is 16.9 Å². The van der Waals surface area contributed by atoms with Crippen molar-refractivity contribution in [2.24, 2.45) is 4.99 Å². The lowest BCUT2D eigenvalue weighted by molar-refractivity contribution is 0.254. The number of benzene rings is 1. The van der Waals surface area contributed by atoms with E-state index in [0.29, 0.717) is 11.7 Å².